The molecular formula is C10H9Cl2N3O3S. The van der Waals surface area contributed by atoms with Crippen LogP contribution in [0.2, 0.25) is 10.0 Å². The molecule has 0 atom stereocenters. The number of aromatic hydroxyl groups is 1. The van der Waals surface area contributed by atoms with E-state index in [1.807, 2.05) is 0 Å². The van der Waals surface area contributed by atoms with Crippen LogP contribution in [0.1, 0.15) is 0 Å². The van der Waals surface area contributed by atoms with E-state index >= 15 is 0 Å². The number of sulfonamides is 1. The van der Waals surface area contributed by atoms with Crippen LogP contribution < -0.4 is 4.72 Å². The molecule has 0 spiro atoms. The Morgan fingerprint density at radius 1 is 1.37 bits per heavy atom. The zero-order valence-electron chi connectivity index (χ0n) is 9.63. The maximum Gasteiger partial charge on any atom is 0.280 e. The molecule has 0 amide bonds. The summed E-state index contributed by atoms with van der Waals surface area (Å²) < 4.78 is 27.6. The van der Waals surface area contributed by atoms with Crippen molar-refractivity contribution >= 4 is 38.9 Å². The number of nitrogens with zero attached hydrogens (tertiary/aromatic N) is 2. The van der Waals surface area contributed by atoms with Crippen LogP contribution in [-0.4, -0.2) is 23.3 Å². The second-order valence-electron chi connectivity index (χ2n) is 3.69. The fraction of sp³-hybridized carbons (Fsp3) is 0.100. The van der Waals surface area contributed by atoms with Crippen molar-refractivity contribution in [3.8, 4) is 5.75 Å². The van der Waals surface area contributed by atoms with Crippen LogP contribution in [0.25, 0.3) is 0 Å². The first-order valence-corrected chi connectivity index (χ1v) is 7.24. The second kappa shape index (κ2) is 4.92. The van der Waals surface area contributed by atoms with E-state index in [9.17, 15) is 13.5 Å². The summed E-state index contributed by atoms with van der Waals surface area (Å²) in [4.78, 5) is 0. The highest BCUT2D eigenvalue weighted by molar-refractivity contribution is 7.92. The molecule has 6 nitrogen and oxygen atoms in total. The van der Waals surface area contributed by atoms with Crippen molar-refractivity contribution in [2.24, 2.45) is 7.05 Å². The first-order chi connectivity index (χ1) is 8.81. The van der Waals surface area contributed by atoms with Crippen molar-refractivity contribution in [1.29, 1.82) is 0 Å². The number of aromatic nitrogens is 2. The summed E-state index contributed by atoms with van der Waals surface area (Å²) in [6, 6.07) is 4.01. The zero-order chi connectivity index (χ0) is 14.2. The molecule has 9 heteroatoms. The molecule has 2 rings (SSSR count). The molecule has 0 aliphatic carbocycles. The Labute approximate surface area is 119 Å². The van der Waals surface area contributed by atoms with E-state index in [0.29, 0.717) is 0 Å². The number of phenolic OH excluding ortho intramolecular Hbond substituents is 1. The van der Waals surface area contributed by atoms with Crippen LogP contribution in [-0.2, 0) is 17.1 Å². The molecule has 0 unspecified atom stereocenters. The molecule has 1 aromatic heterocycles. The average Bonchev–Trinajstić information content (AvgIpc) is 2.64. The van der Waals surface area contributed by atoms with Crippen LogP contribution in [0.5, 0.6) is 5.75 Å². The van der Waals surface area contributed by atoms with E-state index in [2.05, 4.69) is 9.82 Å². The van der Waals surface area contributed by atoms with Gasteiger partial charge in [-0.25, -0.2) is 0 Å². The summed E-state index contributed by atoms with van der Waals surface area (Å²) in [6.07, 6.45) is 1.22. The number of nitrogens with one attached hydrogen (secondary N) is 1. The van der Waals surface area contributed by atoms with Crippen LogP contribution in [0.4, 0.5) is 5.69 Å². The van der Waals surface area contributed by atoms with Crippen molar-refractivity contribution in [3.63, 3.8) is 0 Å². The number of hydrogen-bond acceptors (Lipinski definition) is 4. The van der Waals surface area contributed by atoms with Gasteiger partial charge in [-0.3, -0.25) is 9.40 Å². The highest BCUT2D eigenvalue weighted by Crippen LogP contribution is 2.30. The normalized spacial score (nSPS) is 11.5. The van der Waals surface area contributed by atoms with E-state index in [4.69, 9.17) is 23.2 Å². The Kier molecular flexibility index (Phi) is 3.62. The largest absolute Gasteiger partial charge is 0.506 e. The molecule has 0 aliphatic heterocycles. The summed E-state index contributed by atoms with van der Waals surface area (Å²) in [5, 5.41) is 13.4. The lowest BCUT2D eigenvalue weighted by Crippen LogP contribution is -2.17. The van der Waals surface area contributed by atoms with Crippen molar-refractivity contribution in [3.05, 3.63) is 34.4 Å². The monoisotopic (exact) mass is 321 g/mol. The van der Waals surface area contributed by atoms with Crippen molar-refractivity contribution in [2.45, 2.75) is 5.03 Å². The molecule has 0 saturated carbocycles. The van der Waals surface area contributed by atoms with Gasteiger partial charge in [-0.2, -0.15) is 13.5 Å². The van der Waals surface area contributed by atoms with Crippen LogP contribution in [0.15, 0.2) is 29.4 Å². The van der Waals surface area contributed by atoms with Gasteiger partial charge in [0.05, 0.1) is 16.9 Å². The summed E-state index contributed by atoms with van der Waals surface area (Å²) >= 11 is 11.5. The van der Waals surface area contributed by atoms with Gasteiger partial charge in [-0.1, -0.05) is 23.2 Å². The van der Waals surface area contributed by atoms with Gasteiger partial charge in [-0.15, -0.1) is 0 Å². The molecule has 1 heterocycles. The Morgan fingerprint density at radius 3 is 2.63 bits per heavy atom. The molecule has 1 aromatic carbocycles. The average molecular weight is 322 g/mol. The maximum atomic E-state index is 12.2. The zero-order valence-corrected chi connectivity index (χ0v) is 12.0. The Balaban J connectivity index is 2.45. The molecule has 0 saturated heterocycles. The van der Waals surface area contributed by atoms with Gasteiger partial charge in [0.15, 0.2) is 5.03 Å². The van der Waals surface area contributed by atoms with Crippen molar-refractivity contribution in [2.75, 3.05) is 4.72 Å². The summed E-state index contributed by atoms with van der Waals surface area (Å²) in [6.45, 7) is 0. The molecule has 2 aromatic rings. The predicted octanol–water partition coefficient (Wildman–Crippen LogP) is 2.23. The molecular weight excluding hydrogens is 313 g/mol. The van der Waals surface area contributed by atoms with Gasteiger partial charge >= 0.3 is 0 Å². The number of phenols is 1. The number of hydrogen-bond donors (Lipinski definition) is 2. The topological polar surface area (TPSA) is 84.2 Å². The number of aryl methyl sites for hydroxylation is 1. The number of halogens is 2. The molecule has 0 radical (unpaired) electrons. The van der Waals surface area contributed by atoms with Gasteiger partial charge in [0.25, 0.3) is 10.0 Å². The fourth-order valence-corrected chi connectivity index (χ4v) is 3.38. The van der Waals surface area contributed by atoms with Gasteiger partial charge in [0.1, 0.15) is 5.75 Å². The molecule has 0 fully saturated rings. The van der Waals surface area contributed by atoms with Crippen LogP contribution in [0.3, 0.4) is 0 Å². The Morgan fingerprint density at radius 2 is 2.05 bits per heavy atom. The summed E-state index contributed by atoms with van der Waals surface area (Å²) in [5.41, 5.74) is -0.0373. The second-order valence-corrected chi connectivity index (χ2v) is 6.13. The van der Waals surface area contributed by atoms with E-state index < -0.39 is 10.0 Å². The van der Waals surface area contributed by atoms with Crippen LogP contribution >= 0.6 is 23.2 Å². The van der Waals surface area contributed by atoms with Crippen LogP contribution in [0, 0.1) is 0 Å². The van der Waals surface area contributed by atoms with E-state index in [-0.39, 0.29) is 26.5 Å². The molecule has 102 valence electrons. The summed E-state index contributed by atoms with van der Waals surface area (Å²) in [5.74, 6) is -0.244. The standard InChI is InChI=1S/C10H9Cl2N3O3S/c1-15-10(7(12)5-13-15)19(17,18)14-8-4-6(11)2-3-9(8)16/h2-5,14,16H,1H3. The smallest absolute Gasteiger partial charge is 0.280 e. The maximum absolute atomic E-state index is 12.2. The molecule has 0 aliphatic rings. The van der Waals surface area contributed by atoms with E-state index in [0.717, 1.165) is 4.68 Å². The first-order valence-electron chi connectivity index (χ1n) is 5.00. The lowest BCUT2D eigenvalue weighted by molar-refractivity contribution is 0.477. The number of anilines is 1. The van der Waals surface area contributed by atoms with E-state index in [1.165, 1.54) is 31.4 Å². The van der Waals surface area contributed by atoms with Gasteiger partial charge < -0.3 is 5.11 Å². The van der Waals surface area contributed by atoms with Gasteiger partial charge in [0, 0.05) is 12.1 Å². The quantitative estimate of drug-likeness (QED) is 0.849. The predicted molar refractivity (Wildman–Crippen MR) is 72.1 cm³/mol. The van der Waals surface area contributed by atoms with E-state index in [1.54, 1.807) is 0 Å². The lowest BCUT2D eigenvalue weighted by Gasteiger charge is -2.10. The van der Waals surface area contributed by atoms with Gasteiger partial charge in [-0.05, 0) is 18.2 Å². The third kappa shape index (κ3) is 2.78. The number of benzene rings is 1. The SMILES string of the molecule is Cn1ncc(Cl)c1S(=O)(=O)Nc1cc(Cl)ccc1O. The minimum Gasteiger partial charge on any atom is -0.506 e. The minimum atomic E-state index is -3.97. The Hall–Kier alpha value is -1.44. The first kappa shape index (κ1) is 14.0. The third-order valence-corrected chi connectivity index (χ3v) is 4.41. The highest BCUT2D eigenvalue weighted by atomic mass is 35.5. The third-order valence-electron chi connectivity index (χ3n) is 2.30. The summed E-state index contributed by atoms with van der Waals surface area (Å²) in [7, 11) is -2.53. The van der Waals surface area contributed by atoms with Gasteiger partial charge in [0.2, 0.25) is 0 Å². The minimum absolute atomic E-state index is 0.0171. The molecule has 0 bridgehead atoms. The lowest BCUT2D eigenvalue weighted by atomic mass is 10.3. The molecule has 19 heavy (non-hydrogen) atoms. The Bertz CT molecular complexity index is 708. The molecule has 2 N–H and O–H groups in total. The van der Waals surface area contributed by atoms with Crippen molar-refractivity contribution < 1.29 is 13.5 Å². The fourth-order valence-electron chi connectivity index (χ4n) is 1.48. The van der Waals surface area contributed by atoms with Crippen molar-refractivity contribution in [1.82, 2.24) is 9.78 Å². The number of rotatable bonds is 3. The highest BCUT2D eigenvalue weighted by Gasteiger charge is 2.23.